The molecule has 2 rings (SSSR count). The molecule has 0 bridgehead atoms. The molecule has 0 radical (unpaired) electrons. The molecule has 2 heteroatoms. The zero-order chi connectivity index (χ0) is 12.3. The molecule has 0 amide bonds. The van der Waals surface area contributed by atoms with E-state index in [0.717, 1.165) is 0 Å². The van der Waals surface area contributed by atoms with E-state index in [1.807, 2.05) is 6.92 Å². The average molecular weight is 229 g/mol. The van der Waals surface area contributed by atoms with Gasteiger partial charge in [-0.2, -0.15) is 0 Å². The molecule has 0 saturated carbocycles. The van der Waals surface area contributed by atoms with Crippen LogP contribution in [0.25, 0.3) is 10.8 Å². The molecule has 90 valence electrons. The first kappa shape index (κ1) is 12.1. The van der Waals surface area contributed by atoms with Crippen molar-refractivity contribution in [3.05, 3.63) is 48.0 Å². The summed E-state index contributed by atoms with van der Waals surface area (Å²) in [4.78, 5) is 0. The van der Waals surface area contributed by atoms with Gasteiger partial charge in [0.15, 0.2) is 0 Å². The highest BCUT2D eigenvalue weighted by Crippen LogP contribution is 2.20. The molecule has 0 aliphatic carbocycles. The lowest BCUT2D eigenvalue weighted by Crippen LogP contribution is -2.31. The van der Waals surface area contributed by atoms with Crippen molar-refractivity contribution in [2.24, 2.45) is 0 Å². The normalized spacial score (nSPS) is 14.8. The first-order valence-corrected chi connectivity index (χ1v) is 6.06. The van der Waals surface area contributed by atoms with Crippen LogP contribution in [0, 0.1) is 0 Å². The van der Waals surface area contributed by atoms with E-state index in [1.165, 1.54) is 16.3 Å². The zero-order valence-corrected chi connectivity index (χ0v) is 10.4. The topological polar surface area (TPSA) is 32.3 Å². The third kappa shape index (κ3) is 2.84. The summed E-state index contributed by atoms with van der Waals surface area (Å²) in [6, 6.07) is 15.2. The molecule has 2 atom stereocenters. The number of benzene rings is 2. The first-order chi connectivity index (χ1) is 8.20. The number of rotatable bonds is 4. The predicted molar refractivity (Wildman–Crippen MR) is 72.0 cm³/mol. The lowest BCUT2D eigenvalue weighted by molar-refractivity contribution is 0.243. The Hall–Kier alpha value is -1.38. The van der Waals surface area contributed by atoms with E-state index in [2.05, 4.69) is 54.7 Å². The van der Waals surface area contributed by atoms with Crippen molar-refractivity contribution in [3.63, 3.8) is 0 Å². The minimum atomic E-state index is 0.122. The molecule has 0 aliphatic heterocycles. The Morgan fingerprint density at radius 3 is 2.47 bits per heavy atom. The van der Waals surface area contributed by atoms with Crippen LogP contribution in [0.2, 0.25) is 0 Å². The summed E-state index contributed by atoms with van der Waals surface area (Å²) in [5, 5.41) is 14.9. The van der Waals surface area contributed by atoms with Crippen molar-refractivity contribution in [2.45, 2.75) is 25.9 Å². The van der Waals surface area contributed by atoms with Gasteiger partial charge in [-0.25, -0.2) is 0 Å². The van der Waals surface area contributed by atoms with Crippen LogP contribution in [-0.4, -0.2) is 17.8 Å². The van der Waals surface area contributed by atoms with Crippen LogP contribution in [0.1, 0.15) is 25.5 Å². The van der Waals surface area contributed by atoms with Crippen molar-refractivity contribution in [1.29, 1.82) is 0 Å². The number of hydrogen-bond donors (Lipinski definition) is 2. The minimum absolute atomic E-state index is 0.122. The molecule has 0 fully saturated rings. The summed E-state index contributed by atoms with van der Waals surface area (Å²) in [7, 11) is 0. The smallest absolute Gasteiger partial charge is 0.0582 e. The summed E-state index contributed by atoms with van der Waals surface area (Å²) in [6.45, 7) is 4.27. The Bertz CT molecular complexity index is 495. The van der Waals surface area contributed by atoms with Gasteiger partial charge < -0.3 is 10.4 Å². The maximum atomic E-state index is 9.04. The molecule has 1 unspecified atom stereocenters. The highest BCUT2D eigenvalue weighted by Gasteiger charge is 2.08. The molecule has 2 N–H and O–H groups in total. The monoisotopic (exact) mass is 229 g/mol. The van der Waals surface area contributed by atoms with Gasteiger partial charge in [0.05, 0.1) is 6.61 Å². The lowest BCUT2D eigenvalue weighted by atomic mass is 10.0. The molecular weight excluding hydrogens is 210 g/mol. The maximum absolute atomic E-state index is 9.04. The second-order valence-electron chi connectivity index (χ2n) is 4.58. The van der Waals surface area contributed by atoms with Gasteiger partial charge in [-0.3, -0.25) is 0 Å². The number of aliphatic hydroxyl groups excluding tert-OH is 1. The number of aliphatic hydroxyl groups is 1. The molecular formula is C15H19NO. The van der Waals surface area contributed by atoms with E-state index in [9.17, 15) is 0 Å². The fourth-order valence-corrected chi connectivity index (χ4v) is 2.05. The Balaban J connectivity index is 2.23. The molecule has 0 spiro atoms. The highest BCUT2D eigenvalue weighted by atomic mass is 16.3. The lowest BCUT2D eigenvalue weighted by Gasteiger charge is -2.19. The SMILES string of the molecule is CC(N[C@H](C)CO)c1ccc2ccccc2c1. The largest absolute Gasteiger partial charge is 0.395 e. The molecule has 0 aliphatic rings. The van der Waals surface area contributed by atoms with Gasteiger partial charge in [-0.05, 0) is 36.2 Å². The quantitative estimate of drug-likeness (QED) is 0.845. The second-order valence-corrected chi connectivity index (χ2v) is 4.58. The van der Waals surface area contributed by atoms with E-state index in [1.54, 1.807) is 0 Å². The summed E-state index contributed by atoms with van der Waals surface area (Å²) < 4.78 is 0. The minimum Gasteiger partial charge on any atom is -0.395 e. The van der Waals surface area contributed by atoms with E-state index >= 15 is 0 Å². The van der Waals surface area contributed by atoms with Crippen LogP contribution in [0.4, 0.5) is 0 Å². The van der Waals surface area contributed by atoms with Crippen molar-refractivity contribution in [1.82, 2.24) is 5.32 Å². The van der Waals surface area contributed by atoms with Gasteiger partial charge in [-0.1, -0.05) is 36.4 Å². The van der Waals surface area contributed by atoms with Crippen molar-refractivity contribution >= 4 is 10.8 Å². The van der Waals surface area contributed by atoms with Gasteiger partial charge in [0.25, 0.3) is 0 Å². The number of fused-ring (bicyclic) bond motifs is 1. The Labute approximate surface area is 102 Å². The Morgan fingerprint density at radius 2 is 1.76 bits per heavy atom. The Morgan fingerprint density at radius 1 is 1.06 bits per heavy atom. The van der Waals surface area contributed by atoms with Crippen LogP contribution in [-0.2, 0) is 0 Å². The first-order valence-electron chi connectivity index (χ1n) is 6.06. The van der Waals surface area contributed by atoms with Crippen LogP contribution < -0.4 is 5.32 Å². The summed E-state index contributed by atoms with van der Waals surface area (Å²) in [6.07, 6.45) is 0. The molecule has 2 aromatic rings. The molecule has 0 saturated heterocycles. The zero-order valence-electron chi connectivity index (χ0n) is 10.4. The van der Waals surface area contributed by atoms with E-state index < -0.39 is 0 Å². The summed E-state index contributed by atoms with van der Waals surface area (Å²) >= 11 is 0. The van der Waals surface area contributed by atoms with Gasteiger partial charge in [-0.15, -0.1) is 0 Å². The van der Waals surface area contributed by atoms with E-state index in [0.29, 0.717) is 0 Å². The van der Waals surface area contributed by atoms with Gasteiger partial charge in [0, 0.05) is 12.1 Å². The molecule has 0 heterocycles. The van der Waals surface area contributed by atoms with Crippen molar-refractivity contribution in [2.75, 3.05) is 6.61 Å². The predicted octanol–water partition coefficient (Wildman–Crippen LogP) is 2.87. The fourth-order valence-electron chi connectivity index (χ4n) is 2.05. The molecule has 2 nitrogen and oxygen atoms in total. The third-order valence-corrected chi connectivity index (χ3v) is 3.08. The highest BCUT2D eigenvalue weighted by molar-refractivity contribution is 5.83. The summed E-state index contributed by atoms with van der Waals surface area (Å²) in [5.74, 6) is 0. The van der Waals surface area contributed by atoms with Crippen molar-refractivity contribution < 1.29 is 5.11 Å². The van der Waals surface area contributed by atoms with Gasteiger partial charge in [0.2, 0.25) is 0 Å². The molecule has 2 aromatic carbocycles. The van der Waals surface area contributed by atoms with Crippen LogP contribution in [0.15, 0.2) is 42.5 Å². The van der Waals surface area contributed by atoms with E-state index in [4.69, 9.17) is 5.11 Å². The standard InChI is InChI=1S/C15H19NO/c1-11(10-17)16-12(2)14-8-7-13-5-3-4-6-15(13)9-14/h3-9,11-12,16-17H,10H2,1-2H3/t11-,12?/m1/s1. The van der Waals surface area contributed by atoms with E-state index in [-0.39, 0.29) is 18.7 Å². The number of nitrogens with one attached hydrogen (secondary N) is 1. The van der Waals surface area contributed by atoms with Crippen LogP contribution in [0.5, 0.6) is 0 Å². The maximum Gasteiger partial charge on any atom is 0.0582 e. The molecule has 0 aromatic heterocycles. The average Bonchev–Trinajstić information content (AvgIpc) is 2.38. The summed E-state index contributed by atoms with van der Waals surface area (Å²) in [5.41, 5.74) is 1.25. The number of hydrogen-bond acceptors (Lipinski definition) is 2. The third-order valence-electron chi connectivity index (χ3n) is 3.08. The second kappa shape index (κ2) is 5.30. The van der Waals surface area contributed by atoms with Gasteiger partial charge in [0.1, 0.15) is 0 Å². The van der Waals surface area contributed by atoms with Crippen LogP contribution in [0.3, 0.4) is 0 Å². The molecule has 17 heavy (non-hydrogen) atoms. The van der Waals surface area contributed by atoms with Crippen molar-refractivity contribution in [3.8, 4) is 0 Å². The van der Waals surface area contributed by atoms with Crippen LogP contribution >= 0.6 is 0 Å². The fraction of sp³-hybridized carbons (Fsp3) is 0.333. The van der Waals surface area contributed by atoms with Gasteiger partial charge >= 0.3 is 0 Å². The Kier molecular flexibility index (Phi) is 3.77.